The van der Waals surface area contributed by atoms with Gasteiger partial charge in [0.25, 0.3) is 0 Å². The number of methoxy groups -OCH3 is 2. The molecule has 0 aliphatic carbocycles. The van der Waals surface area contributed by atoms with E-state index in [1.54, 1.807) is 25.2 Å². The number of benzene rings is 2. The van der Waals surface area contributed by atoms with E-state index in [2.05, 4.69) is 5.32 Å². The first kappa shape index (κ1) is 21.7. The highest BCUT2D eigenvalue weighted by molar-refractivity contribution is 5.98. The lowest BCUT2D eigenvalue weighted by Crippen LogP contribution is -2.46. The molecule has 1 aliphatic heterocycles. The number of carbonyl (C=O) groups excluding carboxylic acids is 2. The van der Waals surface area contributed by atoms with E-state index in [1.165, 1.54) is 0 Å². The molecule has 0 bridgehead atoms. The van der Waals surface area contributed by atoms with Crippen LogP contribution in [0.1, 0.15) is 47.3 Å². The SMILES string of the molecule is COc1ccc(C(C)NC(=O)N2CCC(C(=O)c3ccc(C)cc3)CC2)c(OC)c1. The molecular formula is C24H30N2O4. The summed E-state index contributed by atoms with van der Waals surface area (Å²) in [6.45, 7) is 5.07. The third-order valence-electron chi connectivity index (χ3n) is 5.74. The summed E-state index contributed by atoms with van der Waals surface area (Å²) in [5, 5.41) is 3.04. The Labute approximate surface area is 178 Å². The number of ketones is 1. The number of carbonyl (C=O) groups is 2. The molecule has 3 rings (SSSR count). The van der Waals surface area contributed by atoms with Crippen molar-refractivity contribution < 1.29 is 19.1 Å². The number of rotatable bonds is 6. The van der Waals surface area contributed by atoms with Crippen molar-refractivity contribution in [2.75, 3.05) is 27.3 Å². The van der Waals surface area contributed by atoms with E-state index < -0.39 is 0 Å². The summed E-state index contributed by atoms with van der Waals surface area (Å²) in [4.78, 5) is 27.3. The van der Waals surface area contributed by atoms with E-state index >= 15 is 0 Å². The van der Waals surface area contributed by atoms with Crippen LogP contribution in [0.2, 0.25) is 0 Å². The predicted molar refractivity (Wildman–Crippen MR) is 116 cm³/mol. The average molecular weight is 411 g/mol. The number of hydrogen-bond acceptors (Lipinski definition) is 4. The minimum absolute atomic E-state index is 0.0316. The Kier molecular flexibility index (Phi) is 6.98. The molecule has 2 aromatic carbocycles. The zero-order valence-electron chi connectivity index (χ0n) is 18.1. The third-order valence-corrected chi connectivity index (χ3v) is 5.74. The van der Waals surface area contributed by atoms with E-state index in [9.17, 15) is 9.59 Å². The number of hydrogen-bond donors (Lipinski definition) is 1. The molecule has 30 heavy (non-hydrogen) atoms. The number of aryl methyl sites for hydroxylation is 1. The van der Waals surface area contributed by atoms with Crippen molar-refractivity contribution in [1.82, 2.24) is 10.2 Å². The molecular weight excluding hydrogens is 380 g/mol. The van der Waals surface area contributed by atoms with E-state index in [0.717, 1.165) is 16.7 Å². The van der Waals surface area contributed by atoms with Crippen LogP contribution in [0.25, 0.3) is 0 Å². The first-order chi connectivity index (χ1) is 14.4. The summed E-state index contributed by atoms with van der Waals surface area (Å²) in [5.41, 5.74) is 2.78. The second-order valence-corrected chi connectivity index (χ2v) is 7.77. The number of nitrogens with one attached hydrogen (secondary N) is 1. The predicted octanol–water partition coefficient (Wildman–Crippen LogP) is 4.38. The van der Waals surface area contributed by atoms with Gasteiger partial charge in [-0.05, 0) is 38.8 Å². The summed E-state index contributed by atoms with van der Waals surface area (Å²) in [6, 6.07) is 12.9. The molecule has 1 saturated heterocycles. The van der Waals surface area contributed by atoms with Gasteiger partial charge in [-0.15, -0.1) is 0 Å². The van der Waals surface area contributed by atoms with Crippen LogP contribution in [0.3, 0.4) is 0 Å². The van der Waals surface area contributed by atoms with Crippen LogP contribution in [-0.2, 0) is 0 Å². The number of Topliss-reactive ketones (excluding diaryl/α,β-unsaturated/α-hetero) is 1. The first-order valence-electron chi connectivity index (χ1n) is 10.3. The number of likely N-dealkylation sites (tertiary alicyclic amines) is 1. The van der Waals surface area contributed by atoms with Gasteiger partial charge in [-0.1, -0.05) is 29.8 Å². The van der Waals surface area contributed by atoms with Gasteiger partial charge >= 0.3 is 6.03 Å². The van der Waals surface area contributed by atoms with E-state index in [4.69, 9.17) is 9.47 Å². The molecule has 2 aromatic rings. The summed E-state index contributed by atoms with van der Waals surface area (Å²) >= 11 is 0. The number of nitrogens with zero attached hydrogens (tertiary/aromatic N) is 1. The highest BCUT2D eigenvalue weighted by atomic mass is 16.5. The summed E-state index contributed by atoms with van der Waals surface area (Å²) in [5.74, 6) is 1.52. The highest BCUT2D eigenvalue weighted by Crippen LogP contribution is 2.30. The fourth-order valence-electron chi connectivity index (χ4n) is 3.83. The lowest BCUT2D eigenvalue weighted by atomic mass is 9.89. The molecule has 1 atom stereocenters. The molecule has 0 radical (unpaired) electrons. The van der Waals surface area contributed by atoms with Gasteiger partial charge in [-0.3, -0.25) is 4.79 Å². The molecule has 1 fully saturated rings. The van der Waals surface area contributed by atoms with Crippen molar-refractivity contribution in [3.63, 3.8) is 0 Å². The fourth-order valence-corrected chi connectivity index (χ4v) is 3.83. The molecule has 6 heteroatoms. The van der Waals surface area contributed by atoms with Gasteiger partial charge in [0.05, 0.1) is 20.3 Å². The van der Waals surface area contributed by atoms with Crippen molar-refractivity contribution in [2.24, 2.45) is 5.92 Å². The van der Waals surface area contributed by atoms with Gasteiger partial charge < -0.3 is 19.7 Å². The van der Waals surface area contributed by atoms with Crippen LogP contribution in [0.4, 0.5) is 4.79 Å². The lowest BCUT2D eigenvalue weighted by molar-refractivity contribution is 0.0853. The van der Waals surface area contributed by atoms with Gasteiger partial charge in [-0.2, -0.15) is 0 Å². The van der Waals surface area contributed by atoms with Crippen molar-refractivity contribution in [3.05, 3.63) is 59.2 Å². The monoisotopic (exact) mass is 410 g/mol. The maximum Gasteiger partial charge on any atom is 0.317 e. The molecule has 0 aromatic heterocycles. The zero-order chi connectivity index (χ0) is 21.7. The van der Waals surface area contributed by atoms with Crippen LogP contribution < -0.4 is 14.8 Å². The normalized spacial score (nSPS) is 15.4. The maximum absolute atomic E-state index is 12.8. The minimum atomic E-state index is -0.217. The zero-order valence-corrected chi connectivity index (χ0v) is 18.1. The Hall–Kier alpha value is -3.02. The van der Waals surface area contributed by atoms with Crippen LogP contribution in [-0.4, -0.2) is 44.0 Å². The van der Waals surface area contributed by atoms with Crippen molar-refractivity contribution >= 4 is 11.8 Å². The quantitative estimate of drug-likeness (QED) is 0.718. The van der Waals surface area contributed by atoms with E-state index in [-0.39, 0.29) is 23.8 Å². The fraction of sp³-hybridized carbons (Fsp3) is 0.417. The van der Waals surface area contributed by atoms with E-state index in [0.29, 0.717) is 37.4 Å². The largest absolute Gasteiger partial charge is 0.497 e. The Morgan fingerprint density at radius 3 is 2.30 bits per heavy atom. The summed E-state index contributed by atoms with van der Waals surface area (Å²) in [7, 11) is 3.20. The molecule has 2 amide bonds. The van der Waals surface area contributed by atoms with Gasteiger partial charge in [0.1, 0.15) is 11.5 Å². The molecule has 1 aliphatic rings. The molecule has 6 nitrogen and oxygen atoms in total. The number of piperidine rings is 1. The molecule has 160 valence electrons. The summed E-state index contributed by atoms with van der Waals surface area (Å²) < 4.78 is 10.7. The molecule has 1 heterocycles. The molecule has 0 spiro atoms. The van der Waals surface area contributed by atoms with Crippen molar-refractivity contribution in [3.8, 4) is 11.5 Å². The third kappa shape index (κ3) is 4.93. The number of urea groups is 1. The smallest absolute Gasteiger partial charge is 0.317 e. The first-order valence-corrected chi connectivity index (χ1v) is 10.3. The van der Waals surface area contributed by atoms with Gasteiger partial charge in [0.15, 0.2) is 5.78 Å². The van der Waals surface area contributed by atoms with Crippen LogP contribution in [0.15, 0.2) is 42.5 Å². The van der Waals surface area contributed by atoms with Gasteiger partial charge in [0, 0.05) is 36.2 Å². The average Bonchev–Trinajstić information content (AvgIpc) is 2.78. The Morgan fingerprint density at radius 1 is 1.03 bits per heavy atom. The van der Waals surface area contributed by atoms with Crippen molar-refractivity contribution in [1.29, 1.82) is 0 Å². The summed E-state index contributed by atoms with van der Waals surface area (Å²) in [6.07, 6.45) is 1.36. The molecule has 1 unspecified atom stereocenters. The van der Waals surface area contributed by atoms with Crippen molar-refractivity contribution in [2.45, 2.75) is 32.7 Å². The van der Waals surface area contributed by atoms with Gasteiger partial charge in [0.2, 0.25) is 0 Å². The topological polar surface area (TPSA) is 67.9 Å². The van der Waals surface area contributed by atoms with E-state index in [1.807, 2.05) is 50.2 Å². The van der Waals surface area contributed by atoms with Gasteiger partial charge in [-0.25, -0.2) is 4.79 Å². The van der Waals surface area contributed by atoms with Crippen LogP contribution >= 0.6 is 0 Å². The number of ether oxygens (including phenoxy) is 2. The second-order valence-electron chi connectivity index (χ2n) is 7.77. The minimum Gasteiger partial charge on any atom is -0.497 e. The molecule has 1 N–H and O–H groups in total. The Morgan fingerprint density at radius 2 is 1.70 bits per heavy atom. The Bertz CT molecular complexity index is 887. The highest BCUT2D eigenvalue weighted by Gasteiger charge is 2.28. The maximum atomic E-state index is 12.8. The van der Waals surface area contributed by atoms with Crippen LogP contribution in [0.5, 0.6) is 11.5 Å². The standard InChI is InChI=1S/C24H30N2O4/c1-16-5-7-18(8-6-16)23(27)19-11-13-26(14-12-19)24(28)25-17(2)21-10-9-20(29-3)15-22(21)30-4/h5-10,15,17,19H,11-14H2,1-4H3,(H,25,28). The Balaban J connectivity index is 1.56. The lowest BCUT2D eigenvalue weighted by Gasteiger charge is -2.32. The number of amides is 2. The molecule has 0 saturated carbocycles. The van der Waals surface area contributed by atoms with Crippen LogP contribution in [0, 0.1) is 12.8 Å². The second kappa shape index (κ2) is 9.65.